The van der Waals surface area contributed by atoms with Crippen molar-refractivity contribution in [2.24, 2.45) is 5.16 Å². The molecule has 2 aromatic rings. The van der Waals surface area contributed by atoms with Crippen molar-refractivity contribution in [1.82, 2.24) is 0 Å². The van der Waals surface area contributed by atoms with Gasteiger partial charge < -0.3 is 14.7 Å². The molecule has 26 heavy (non-hydrogen) atoms. The molecular formula is C19H17ClFNO4. The second-order valence-corrected chi connectivity index (χ2v) is 5.48. The Balaban J connectivity index is 2.23. The molecule has 5 nitrogen and oxygen atoms in total. The van der Waals surface area contributed by atoms with Gasteiger partial charge in [-0.05, 0) is 36.3 Å². The normalized spacial score (nSPS) is 12.0. The summed E-state index contributed by atoms with van der Waals surface area (Å²) in [5.41, 5.74) is 1.37. The molecule has 0 spiro atoms. The van der Waals surface area contributed by atoms with Crippen LogP contribution in [-0.4, -0.2) is 23.4 Å². The topological polar surface area (TPSA) is 68.1 Å². The lowest BCUT2D eigenvalue weighted by atomic mass is 10.0. The molecule has 0 aliphatic rings. The molecule has 0 unspecified atom stereocenters. The van der Waals surface area contributed by atoms with Gasteiger partial charge in [0.2, 0.25) is 0 Å². The third kappa shape index (κ3) is 5.60. The molecule has 2 aromatic carbocycles. The van der Waals surface area contributed by atoms with E-state index in [0.717, 1.165) is 0 Å². The molecule has 7 heteroatoms. The van der Waals surface area contributed by atoms with Gasteiger partial charge >= 0.3 is 5.97 Å². The number of hydrogen-bond donors (Lipinski definition) is 1. The largest absolute Gasteiger partial charge is 0.489 e. The Hall–Kier alpha value is -2.86. The minimum atomic E-state index is -1.20. The smallest absolute Gasteiger partial charge is 0.358 e. The number of ether oxygens (including phenoxy) is 1. The molecule has 1 N–H and O–H groups in total. The molecule has 0 aliphatic carbocycles. The van der Waals surface area contributed by atoms with Crippen LogP contribution in [0, 0.1) is 0 Å². The second kappa shape index (κ2) is 9.58. The number of aliphatic carboxylic acids is 1. The van der Waals surface area contributed by atoms with Gasteiger partial charge in [-0.1, -0.05) is 53.2 Å². The zero-order chi connectivity index (χ0) is 18.9. The number of carbonyl (C=O) groups is 1. The molecule has 0 atom stereocenters. The van der Waals surface area contributed by atoms with Crippen LogP contribution in [0.1, 0.15) is 23.6 Å². The highest BCUT2D eigenvalue weighted by Gasteiger charge is 2.17. The summed E-state index contributed by atoms with van der Waals surface area (Å²) in [4.78, 5) is 16.4. The van der Waals surface area contributed by atoms with Gasteiger partial charge in [0.05, 0.1) is 0 Å². The number of halogens is 2. The first kappa shape index (κ1) is 19.5. The molecule has 136 valence electrons. The summed E-state index contributed by atoms with van der Waals surface area (Å²) >= 11 is 5.24. The third-order valence-corrected chi connectivity index (χ3v) is 3.40. The van der Waals surface area contributed by atoms with Crippen molar-refractivity contribution >= 4 is 29.4 Å². The van der Waals surface area contributed by atoms with Crippen LogP contribution in [0.25, 0.3) is 6.08 Å². The minimum absolute atomic E-state index is 0.102. The number of nitrogens with zero attached hydrogens (tertiary/aromatic N) is 1. The van der Waals surface area contributed by atoms with Gasteiger partial charge in [-0.2, -0.15) is 4.39 Å². The summed E-state index contributed by atoms with van der Waals surface area (Å²) in [6, 6.07) is 13.6. The number of benzene rings is 2. The van der Waals surface area contributed by atoms with E-state index < -0.39 is 11.3 Å². The number of hydrogen-bond acceptors (Lipinski definition) is 4. The van der Waals surface area contributed by atoms with E-state index in [0.29, 0.717) is 22.4 Å². The van der Waals surface area contributed by atoms with Gasteiger partial charge in [0.1, 0.15) is 19.0 Å². The fourth-order valence-electron chi connectivity index (χ4n) is 2.19. The summed E-state index contributed by atoms with van der Waals surface area (Å²) in [6.45, 7) is 2.07. The average molecular weight is 378 g/mol. The first-order valence-electron chi connectivity index (χ1n) is 7.78. The molecular weight excluding hydrogens is 361 g/mol. The van der Waals surface area contributed by atoms with Crippen molar-refractivity contribution < 1.29 is 23.9 Å². The number of oxime groups is 1. The lowest BCUT2D eigenvalue weighted by molar-refractivity contribution is -0.129. The standard InChI is InChI=1S/C19H17ClFNO4/c1-2-26-22-18(19(23)24)16-9-4-3-7-14(16)12-25-15-8-5-6-13(10-15)11-17(20)21/h3-11H,2,12H2,1H3,(H,23,24). The molecule has 0 fully saturated rings. The molecule has 0 amide bonds. The quantitative estimate of drug-likeness (QED) is 0.539. The minimum Gasteiger partial charge on any atom is -0.489 e. The van der Waals surface area contributed by atoms with E-state index in [1.807, 2.05) is 0 Å². The van der Waals surface area contributed by atoms with Crippen LogP contribution in [0.15, 0.2) is 59.0 Å². The van der Waals surface area contributed by atoms with E-state index in [2.05, 4.69) is 5.16 Å². The van der Waals surface area contributed by atoms with E-state index in [4.69, 9.17) is 21.2 Å². The van der Waals surface area contributed by atoms with Crippen LogP contribution in [0.4, 0.5) is 4.39 Å². The summed E-state index contributed by atoms with van der Waals surface area (Å²) in [5.74, 6) is -0.708. The van der Waals surface area contributed by atoms with Crippen molar-refractivity contribution in [3.63, 3.8) is 0 Å². The molecule has 0 bridgehead atoms. The van der Waals surface area contributed by atoms with Crippen LogP contribution in [0.2, 0.25) is 0 Å². The summed E-state index contributed by atoms with van der Waals surface area (Å²) in [6.07, 6.45) is 1.17. The molecule has 0 aliphatic heterocycles. The Morgan fingerprint density at radius 3 is 2.73 bits per heavy atom. The molecule has 0 heterocycles. The van der Waals surface area contributed by atoms with Gasteiger partial charge in [-0.25, -0.2) is 4.79 Å². The highest BCUT2D eigenvalue weighted by atomic mass is 35.5. The highest BCUT2D eigenvalue weighted by molar-refractivity contribution is 6.42. The second-order valence-electron chi connectivity index (χ2n) is 5.12. The zero-order valence-corrected chi connectivity index (χ0v) is 14.7. The first-order valence-corrected chi connectivity index (χ1v) is 8.16. The fourth-order valence-corrected chi connectivity index (χ4v) is 2.32. The van der Waals surface area contributed by atoms with Crippen molar-refractivity contribution in [2.45, 2.75) is 13.5 Å². The maximum absolute atomic E-state index is 12.8. The number of carboxylic acid groups (broad SMARTS) is 1. The van der Waals surface area contributed by atoms with Gasteiger partial charge in [0.25, 0.3) is 0 Å². The lowest BCUT2D eigenvalue weighted by Crippen LogP contribution is -2.18. The average Bonchev–Trinajstić information content (AvgIpc) is 2.60. The maximum Gasteiger partial charge on any atom is 0.358 e. The Morgan fingerprint density at radius 2 is 2.04 bits per heavy atom. The Labute approximate surface area is 155 Å². The van der Waals surface area contributed by atoms with Gasteiger partial charge in [-0.15, -0.1) is 0 Å². The summed E-state index contributed by atoms with van der Waals surface area (Å²) in [5, 5.41) is 12.2. The number of rotatable bonds is 8. The highest BCUT2D eigenvalue weighted by Crippen LogP contribution is 2.20. The van der Waals surface area contributed by atoms with Crippen molar-refractivity contribution in [1.29, 1.82) is 0 Å². The van der Waals surface area contributed by atoms with Crippen LogP contribution in [0.5, 0.6) is 5.75 Å². The van der Waals surface area contributed by atoms with Crippen molar-refractivity contribution in [2.75, 3.05) is 6.61 Å². The lowest BCUT2D eigenvalue weighted by Gasteiger charge is -2.11. The molecule has 0 saturated heterocycles. The van der Waals surface area contributed by atoms with Crippen LogP contribution in [-0.2, 0) is 16.2 Å². The first-order chi connectivity index (χ1) is 12.5. The Bertz CT molecular complexity index is 832. The monoisotopic (exact) mass is 377 g/mol. The predicted molar refractivity (Wildman–Crippen MR) is 98.0 cm³/mol. The Kier molecular flexibility index (Phi) is 7.17. The van der Waals surface area contributed by atoms with Gasteiger partial charge in [-0.3, -0.25) is 0 Å². The molecule has 2 rings (SSSR count). The van der Waals surface area contributed by atoms with Crippen LogP contribution < -0.4 is 4.74 Å². The van der Waals surface area contributed by atoms with Gasteiger partial charge in [0.15, 0.2) is 11.0 Å². The zero-order valence-electron chi connectivity index (χ0n) is 14.0. The van der Waals surface area contributed by atoms with E-state index in [1.54, 1.807) is 55.5 Å². The van der Waals surface area contributed by atoms with Crippen LogP contribution in [0.3, 0.4) is 0 Å². The van der Waals surface area contributed by atoms with E-state index in [1.165, 1.54) is 6.08 Å². The summed E-state index contributed by atoms with van der Waals surface area (Å²) in [7, 11) is 0. The maximum atomic E-state index is 12.8. The van der Waals surface area contributed by atoms with E-state index >= 15 is 0 Å². The van der Waals surface area contributed by atoms with Crippen molar-refractivity contribution in [3.05, 3.63) is 70.5 Å². The molecule has 0 saturated carbocycles. The number of carboxylic acids is 1. The predicted octanol–water partition coefficient (Wildman–Crippen LogP) is 4.60. The summed E-state index contributed by atoms with van der Waals surface area (Å²) < 4.78 is 18.5. The van der Waals surface area contributed by atoms with Crippen molar-refractivity contribution in [3.8, 4) is 5.75 Å². The molecule has 0 aromatic heterocycles. The Morgan fingerprint density at radius 1 is 1.27 bits per heavy atom. The SMILES string of the molecule is CCON=C(C(=O)O)c1ccccc1COc1cccc(C=C(F)Cl)c1. The molecule has 0 radical (unpaired) electrons. The van der Waals surface area contributed by atoms with E-state index in [9.17, 15) is 14.3 Å². The fraction of sp³-hybridized carbons (Fsp3) is 0.158. The third-order valence-electron chi connectivity index (χ3n) is 3.29. The van der Waals surface area contributed by atoms with E-state index in [-0.39, 0.29) is 18.9 Å². The van der Waals surface area contributed by atoms with Gasteiger partial charge in [0, 0.05) is 5.56 Å². The van der Waals surface area contributed by atoms with Crippen LogP contribution >= 0.6 is 11.6 Å².